The molecule has 3 nitrogen and oxygen atoms in total. The molecular formula is C19H31ClO3. The summed E-state index contributed by atoms with van der Waals surface area (Å²) < 4.78 is 12.0. The topological polar surface area (TPSA) is 35.5 Å². The first kappa shape index (κ1) is 19.0. The van der Waals surface area contributed by atoms with Gasteiger partial charge in [-0.3, -0.25) is 4.79 Å². The molecule has 23 heavy (non-hydrogen) atoms. The largest absolute Gasteiger partial charge is 0.381 e. The van der Waals surface area contributed by atoms with E-state index in [1.54, 1.807) is 0 Å². The summed E-state index contributed by atoms with van der Waals surface area (Å²) in [5.74, 6) is 1.12. The van der Waals surface area contributed by atoms with Gasteiger partial charge in [-0.2, -0.15) is 0 Å². The van der Waals surface area contributed by atoms with E-state index in [1.165, 1.54) is 38.5 Å². The van der Waals surface area contributed by atoms with E-state index in [2.05, 4.69) is 19.1 Å². The second kappa shape index (κ2) is 10.5. The third-order valence-corrected chi connectivity index (χ3v) is 5.31. The molecule has 2 heterocycles. The van der Waals surface area contributed by atoms with E-state index in [9.17, 15) is 4.79 Å². The molecule has 2 fully saturated rings. The van der Waals surface area contributed by atoms with Gasteiger partial charge in [0.25, 0.3) is 0 Å². The molecule has 132 valence electrons. The molecule has 4 heteroatoms. The van der Waals surface area contributed by atoms with Gasteiger partial charge >= 0.3 is 0 Å². The normalized spacial score (nSPS) is 29.7. The number of halogens is 1. The van der Waals surface area contributed by atoms with Crippen molar-refractivity contribution in [3.05, 3.63) is 12.2 Å². The number of ether oxygens (including phenoxy) is 2. The lowest BCUT2D eigenvalue weighted by Crippen LogP contribution is -2.30. The van der Waals surface area contributed by atoms with Crippen LogP contribution in [0.1, 0.15) is 64.7 Å². The van der Waals surface area contributed by atoms with Gasteiger partial charge in [-0.1, -0.05) is 38.3 Å². The highest BCUT2D eigenvalue weighted by Crippen LogP contribution is 2.45. The second-order valence-electron chi connectivity index (χ2n) is 6.85. The van der Waals surface area contributed by atoms with Crippen LogP contribution in [-0.4, -0.2) is 30.7 Å². The van der Waals surface area contributed by atoms with Crippen LogP contribution in [0.2, 0.25) is 0 Å². The smallest absolute Gasteiger partial charge is 0.221 e. The zero-order valence-electron chi connectivity index (χ0n) is 14.3. The molecule has 0 amide bonds. The van der Waals surface area contributed by atoms with Crippen LogP contribution in [0.4, 0.5) is 0 Å². The lowest BCUT2D eigenvalue weighted by atomic mass is 9.78. The van der Waals surface area contributed by atoms with Crippen molar-refractivity contribution in [3.8, 4) is 0 Å². The van der Waals surface area contributed by atoms with Crippen molar-refractivity contribution in [3.63, 3.8) is 0 Å². The first-order valence-electron chi connectivity index (χ1n) is 9.29. The molecule has 0 aromatic heterocycles. The Morgan fingerprint density at radius 1 is 1.17 bits per heavy atom. The molecule has 2 saturated heterocycles. The van der Waals surface area contributed by atoms with Crippen molar-refractivity contribution in [1.29, 1.82) is 0 Å². The highest BCUT2D eigenvalue weighted by Gasteiger charge is 2.48. The summed E-state index contributed by atoms with van der Waals surface area (Å²) >= 11 is 5.35. The van der Waals surface area contributed by atoms with Crippen LogP contribution in [0.5, 0.6) is 0 Å². The Hall–Kier alpha value is -0.380. The van der Waals surface area contributed by atoms with E-state index < -0.39 is 0 Å². The van der Waals surface area contributed by atoms with Crippen molar-refractivity contribution in [2.24, 2.45) is 11.8 Å². The van der Waals surface area contributed by atoms with Crippen LogP contribution >= 0.6 is 11.6 Å². The molecule has 4 atom stereocenters. The zero-order chi connectivity index (χ0) is 16.5. The number of fused-ring (bicyclic) bond motifs is 2. The summed E-state index contributed by atoms with van der Waals surface area (Å²) in [6.45, 7) is 3.95. The van der Waals surface area contributed by atoms with Gasteiger partial charge in [0.2, 0.25) is 5.24 Å². The molecule has 0 aromatic rings. The predicted molar refractivity (Wildman–Crippen MR) is 93.7 cm³/mol. The number of rotatable bonds is 12. The van der Waals surface area contributed by atoms with Gasteiger partial charge in [0, 0.05) is 18.9 Å². The molecule has 2 bridgehead atoms. The van der Waals surface area contributed by atoms with Crippen molar-refractivity contribution in [1.82, 2.24) is 0 Å². The Morgan fingerprint density at radius 3 is 2.70 bits per heavy atom. The Labute approximate surface area is 145 Å². The van der Waals surface area contributed by atoms with Gasteiger partial charge in [-0.15, -0.1) is 0 Å². The number of hydrogen-bond acceptors (Lipinski definition) is 3. The molecule has 2 aliphatic heterocycles. The Bertz CT molecular complexity index is 383. The Morgan fingerprint density at radius 2 is 1.96 bits per heavy atom. The molecule has 2 aliphatic rings. The third kappa shape index (κ3) is 6.21. The lowest BCUT2D eigenvalue weighted by molar-refractivity contribution is -0.111. The number of carbonyl (C=O) groups is 1. The quantitative estimate of drug-likeness (QED) is 0.288. The fraction of sp³-hybridized carbons (Fsp3) is 0.842. The van der Waals surface area contributed by atoms with E-state index in [0.717, 1.165) is 26.1 Å². The van der Waals surface area contributed by atoms with Crippen LogP contribution in [0.25, 0.3) is 0 Å². The Balaban J connectivity index is 1.68. The van der Waals surface area contributed by atoms with Crippen LogP contribution in [0.3, 0.4) is 0 Å². The van der Waals surface area contributed by atoms with Gasteiger partial charge in [0.1, 0.15) is 0 Å². The Kier molecular flexibility index (Phi) is 8.63. The molecule has 0 spiro atoms. The minimum Gasteiger partial charge on any atom is -0.381 e. The van der Waals surface area contributed by atoms with E-state index in [4.69, 9.17) is 21.1 Å². The SMILES string of the molecule is CCCCCCOC[C@H]1[C@@H](CC=CCCC(=O)Cl)[C@H]2CC[C@@H]1O2. The lowest BCUT2D eigenvalue weighted by Gasteiger charge is -2.27. The number of allylic oxidation sites excluding steroid dienone is 2. The summed E-state index contributed by atoms with van der Waals surface area (Å²) in [4.78, 5) is 10.7. The summed E-state index contributed by atoms with van der Waals surface area (Å²) in [6.07, 6.45) is 14.7. The number of carbonyl (C=O) groups excluding carboxylic acids is 1. The maximum absolute atomic E-state index is 10.7. The first-order chi connectivity index (χ1) is 11.2. The number of unbranched alkanes of at least 4 members (excludes halogenated alkanes) is 3. The van der Waals surface area contributed by atoms with E-state index in [1.807, 2.05) is 0 Å². The van der Waals surface area contributed by atoms with E-state index in [-0.39, 0.29) is 5.24 Å². The summed E-state index contributed by atoms with van der Waals surface area (Å²) in [6, 6.07) is 0. The first-order valence-corrected chi connectivity index (χ1v) is 9.66. The van der Waals surface area contributed by atoms with Crippen LogP contribution in [0, 0.1) is 11.8 Å². The molecule has 0 radical (unpaired) electrons. The van der Waals surface area contributed by atoms with Crippen molar-refractivity contribution < 1.29 is 14.3 Å². The van der Waals surface area contributed by atoms with E-state index in [0.29, 0.717) is 30.5 Å². The van der Waals surface area contributed by atoms with Crippen LogP contribution in [0.15, 0.2) is 12.2 Å². The molecule has 0 aliphatic carbocycles. The molecule has 0 N–H and O–H groups in total. The zero-order valence-corrected chi connectivity index (χ0v) is 15.1. The maximum atomic E-state index is 10.7. The van der Waals surface area contributed by atoms with Crippen molar-refractivity contribution >= 4 is 16.8 Å². The van der Waals surface area contributed by atoms with Gasteiger partial charge < -0.3 is 9.47 Å². The summed E-state index contributed by atoms with van der Waals surface area (Å²) in [7, 11) is 0. The fourth-order valence-electron chi connectivity index (χ4n) is 3.85. The van der Waals surface area contributed by atoms with Crippen LogP contribution < -0.4 is 0 Å². The van der Waals surface area contributed by atoms with Gasteiger partial charge in [-0.05, 0) is 49.6 Å². The van der Waals surface area contributed by atoms with Crippen LogP contribution in [-0.2, 0) is 14.3 Å². The van der Waals surface area contributed by atoms with Gasteiger partial charge in [0.05, 0.1) is 18.8 Å². The molecule has 0 aromatic carbocycles. The van der Waals surface area contributed by atoms with Gasteiger partial charge in [0.15, 0.2) is 0 Å². The minimum absolute atomic E-state index is 0.257. The average Bonchev–Trinajstić information content (AvgIpc) is 3.12. The van der Waals surface area contributed by atoms with Crippen molar-refractivity contribution in [2.75, 3.05) is 13.2 Å². The third-order valence-electron chi connectivity index (χ3n) is 5.13. The maximum Gasteiger partial charge on any atom is 0.221 e. The average molecular weight is 343 g/mol. The highest BCUT2D eigenvalue weighted by molar-refractivity contribution is 6.63. The molecule has 2 rings (SSSR count). The number of hydrogen-bond donors (Lipinski definition) is 0. The van der Waals surface area contributed by atoms with Crippen molar-refractivity contribution in [2.45, 2.75) is 76.9 Å². The molecule has 0 unspecified atom stereocenters. The molecule has 0 saturated carbocycles. The predicted octanol–water partition coefficient (Wildman–Crippen LogP) is 4.87. The molecular weight excluding hydrogens is 312 g/mol. The summed E-state index contributed by atoms with van der Waals surface area (Å²) in [5, 5.41) is -0.257. The second-order valence-corrected chi connectivity index (χ2v) is 7.28. The monoisotopic (exact) mass is 342 g/mol. The standard InChI is InChI=1S/C19H31ClO3/c1-2-3-4-8-13-22-14-16-15(17-11-12-18(16)23-17)9-6-5-7-10-19(20)21/h5-6,15-18H,2-4,7-14H2,1H3/t15-,16+,17-,18+/m1/s1. The fourth-order valence-corrected chi connectivity index (χ4v) is 3.96. The summed E-state index contributed by atoms with van der Waals surface area (Å²) in [5.41, 5.74) is 0. The highest BCUT2D eigenvalue weighted by atomic mass is 35.5. The van der Waals surface area contributed by atoms with E-state index >= 15 is 0 Å². The minimum atomic E-state index is -0.257. The van der Waals surface area contributed by atoms with Gasteiger partial charge in [-0.25, -0.2) is 0 Å².